The fourth-order valence-corrected chi connectivity index (χ4v) is 3.27. The van der Waals surface area contributed by atoms with Crippen molar-refractivity contribution >= 4 is 23.4 Å². The summed E-state index contributed by atoms with van der Waals surface area (Å²) in [6.07, 6.45) is 0. The summed E-state index contributed by atoms with van der Waals surface area (Å²) in [5.74, 6) is 2.08. The average molecular weight is 386 g/mol. The van der Waals surface area contributed by atoms with Crippen molar-refractivity contribution in [3.05, 3.63) is 29.6 Å². The molecule has 0 radical (unpaired) electrons. The minimum atomic E-state index is -0.140. The van der Waals surface area contributed by atoms with Gasteiger partial charge in [-0.2, -0.15) is 5.10 Å². The van der Waals surface area contributed by atoms with Crippen molar-refractivity contribution < 1.29 is 14.3 Å². The van der Waals surface area contributed by atoms with Crippen LogP contribution in [0.2, 0.25) is 0 Å². The topological polar surface area (TPSA) is 118 Å². The van der Waals surface area contributed by atoms with Crippen LogP contribution in [-0.2, 0) is 4.79 Å². The number of ether oxygens (including phenoxy) is 2. The van der Waals surface area contributed by atoms with E-state index in [9.17, 15) is 4.79 Å². The maximum absolute atomic E-state index is 12.2. The van der Waals surface area contributed by atoms with Gasteiger partial charge in [0, 0.05) is 5.56 Å². The number of benzene rings is 1. The Morgan fingerprint density at radius 2 is 2.00 bits per heavy atom. The summed E-state index contributed by atoms with van der Waals surface area (Å²) in [6, 6.07) is 5.60. The number of nitrogens with zero attached hydrogens (tertiary/aromatic N) is 3. The number of aromatic amines is 2. The van der Waals surface area contributed by atoms with E-state index in [2.05, 4.69) is 30.7 Å². The van der Waals surface area contributed by atoms with Crippen LogP contribution in [0, 0.1) is 13.8 Å². The van der Waals surface area contributed by atoms with Gasteiger partial charge in [0.25, 0.3) is 0 Å². The smallest absolute Gasteiger partial charge is 0.234 e. The predicted octanol–water partition coefficient (Wildman–Crippen LogP) is 2.31. The lowest BCUT2D eigenvalue weighted by atomic mass is 10.2. The molecule has 0 spiro atoms. The zero-order valence-electron chi connectivity index (χ0n) is 14.8. The summed E-state index contributed by atoms with van der Waals surface area (Å²) in [6.45, 7) is 4.77. The highest BCUT2D eigenvalue weighted by molar-refractivity contribution is 7.99. The molecular formula is C17H18N6O3S. The standard InChI is InChI=1S/C17H18N6O3S/c1-9-15(10(2)21-20-9)18-14(24)8-27-17-19-16(22-23-17)11-3-4-12-13(7-11)26-6-5-25-12/h3-4,7H,5-6,8H2,1-2H3,(H,18,24)(H,20,21)(H,19,22,23). The first-order chi connectivity index (χ1) is 13.1. The number of nitrogens with one attached hydrogen (secondary N) is 3. The van der Waals surface area contributed by atoms with Crippen LogP contribution in [0.1, 0.15) is 11.4 Å². The Hall–Kier alpha value is -3.01. The number of amides is 1. The summed E-state index contributed by atoms with van der Waals surface area (Å²) in [5, 5.41) is 17.3. The van der Waals surface area contributed by atoms with E-state index in [1.54, 1.807) is 0 Å². The van der Waals surface area contributed by atoms with E-state index in [0.717, 1.165) is 22.7 Å². The molecule has 2 aromatic heterocycles. The van der Waals surface area contributed by atoms with Gasteiger partial charge < -0.3 is 14.8 Å². The Bertz CT molecular complexity index is 963. The van der Waals surface area contributed by atoms with E-state index in [0.29, 0.717) is 35.6 Å². The molecule has 9 nitrogen and oxygen atoms in total. The molecule has 3 heterocycles. The molecule has 0 bridgehead atoms. The van der Waals surface area contributed by atoms with Gasteiger partial charge in [-0.25, -0.2) is 4.98 Å². The Morgan fingerprint density at radius 3 is 2.78 bits per heavy atom. The number of aryl methyl sites for hydroxylation is 2. The molecule has 0 saturated heterocycles. The molecule has 1 aliphatic heterocycles. The fourth-order valence-electron chi connectivity index (χ4n) is 2.67. The van der Waals surface area contributed by atoms with Crippen LogP contribution in [-0.4, -0.2) is 50.3 Å². The number of aromatic nitrogens is 5. The highest BCUT2D eigenvalue weighted by Crippen LogP contribution is 2.33. The summed E-state index contributed by atoms with van der Waals surface area (Å²) in [7, 11) is 0. The number of H-pyrrole nitrogens is 2. The first-order valence-electron chi connectivity index (χ1n) is 8.37. The average Bonchev–Trinajstić information content (AvgIpc) is 3.28. The molecule has 0 saturated carbocycles. The second-order valence-corrected chi connectivity index (χ2v) is 6.91. The third kappa shape index (κ3) is 3.75. The van der Waals surface area contributed by atoms with Crippen molar-refractivity contribution in [2.75, 3.05) is 24.3 Å². The number of hydrogen-bond acceptors (Lipinski definition) is 7. The number of hydrogen-bond donors (Lipinski definition) is 3. The Kier molecular flexibility index (Phi) is 4.71. The van der Waals surface area contributed by atoms with Crippen molar-refractivity contribution in [1.29, 1.82) is 0 Å². The van der Waals surface area contributed by atoms with E-state index in [4.69, 9.17) is 9.47 Å². The van der Waals surface area contributed by atoms with Gasteiger partial charge in [-0.05, 0) is 32.0 Å². The van der Waals surface area contributed by atoms with Crippen molar-refractivity contribution in [3.8, 4) is 22.9 Å². The number of thioether (sulfide) groups is 1. The molecule has 1 aliphatic rings. The Morgan fingerprint density at radius 1 is 1.19 bits per heavy atom. The van der Waals surface area contributed by atoms with Crippen LogP contribution in [0.5, 0.6) is 11.5 Å². The Balaban J connectivity index is 1.39. The maximum atomic E-state index is 12.2. The molecule has 1 amide bonds. The van der Waals surface area contributed by atoms with Crippen LogP contribution in [0.25, 0.3) is 11.4 Å². The van der Waals surface area contributed by atoms with Gasteiger partial charge in [-0.1, -0.05) is 11.8 Å². The third-order valence-electron chi connectivity index (χ3n) is 4.01. The van der Waals surface area contributed by atoms with Crippen LogP contribution in [0.4, 0.5) is 5.69 Å². The van der Waals surface area contributed by atoms with Gasteiger partial charge in [0.15, 0.2) is 17.3 Å². The minimum Gasteiger partial charge on any atom is -0.486 e. The zero-order valence-corrected chi connectivity index (χ0v) is 15.6. The van der Waals surface area contributed by atoms with Gasteiger partial charge >= 0.3 is 0 Å². The van der Waals surface area contributed by atoms with E-state index < -0.39 is 0 Å². The predicted molar refractivity (Wildman–Crippen MR) is 100 cm³/mol. The lowest BCUT2D eigenvalue weighted by molar-refractivity contribution is -0.113. The second-order valence-electron chi connectivity index (χ2n) is 5.97. The summed E-state index contributed by atoms with van der Waals surface area (Å²) in [5.41, 5.74) is 3.13. The number of anilines is 1. The van der Waals surface area contributed by atoms with Crippen molar-refractivity contribution in [1.82, 2.24) is 25.4 Å². The molecular weight excluding hydrogens is 368 g/mol. The monoisotopic (exact) mass is 386 g/mol. The van der Waals surface area contributed by atoms with Gasteiger partial charge in [0.2, 0.25) is 11.1 Å². The maximum Gasteiger partial charge on any atom is 0.234 e. The fraction of sp³-hybridized carbons (Fsp3) is 0.294. The van der Waals surface area contributed by atoms with E-state index >= 15 is 0 Å². The molecule has 27 heavy (non-hydrogen) atoms. The summed E-state index contributed by atoms with van der Waals surface area (Å²) in [4.78, 5) is 16.6. The van der Waals surface area contributed by atoms with Gasteiger partial charge in [0.05, 0.1) is 22.8 Å². The number of carbonyl (C=O) groups is 1. The molecule has 4 rings (SSSR count). The first-order valence-corrected chi connectivity index (χ1v) is 9.35. The second kappa shape index (κ2) is 7.31. The molecule has 0 unspecified atom stereocenters. The van der Waals surface area contributed by atoms with Gasteiger partial charge in [0.1, 0.15) is 13.2 Å². The minimum absolute atomic E-state index is 0.140. The lowest BCUT2D eigenvalue weighted by Gasteiger charge is -2.18. The van der Waals surface area contributed by atoms with E-state index in [1.807, 2.05) is 32.0 Å². The highest BCUT2D eigenvalue weighted by atomic mass is 32.2. The molecule has 3 N–H and O–H groups in total. The summed E-state index contributed by atoms with van der Waals surface area (Å²) >= 11 is 1.25. The Labute approximate surface area is 159 Å². The molecule has 140 valence electrons. The van der Waals surface area contributed by atoms with E-state index in [-0.39, 0.29) is 11.7 Å². The van der Waals surface area contributed by atoms with Crippen molar-refractivity contribution in [2.45, 2.75) is 19.0 Å². The normalized spacial score (nSPS) is 12.8. The molecule has 0 fully saturated rings. The first kappa shape index (κ1) is 17.4. The van der Waals surface area contributed by atoms with E-state index in [1.165, 1.54) is 11.8 Å². The molecule has 0 aliphatic carbocycles. The number of carbonyl (C=O) groups excluding carboxylic acids is 1. The number of rotatable bonds is 5. The van der Waals surface area contributed by atoms with Crippen LogP contribution >= 0.6 is 11.8 Å². The zero-order chi connectivity index (χ0) is 18.8. The largest absolute Gasteiger partial charge is 0.486 e. The van der Waals surface area contributed by atoms with Crippen LogP contribution in [0.15, 0.2) is 23.4 Å². The molecule has 3 aromatic rings. The van der Waals surface area contributed by atoms with Crippen molar-refractivity contribution in [2.24, 2.45) is 0 Å². The quantitative estimate of drug-likeness (QED) is 0.576. The lowest BCUT2D eigenvalue weighted by Crippen LogP contribution is -2.15. The van der Waals surface area contributed by atoms with Crippen molar-refractivity contribution in [3.63, 3.8) is 0 Å². The highest BCUT2D eigenvalue weighted by Gasteiger charge is 2.15. The molecule has 10 heteroatoms. The third-order valence-corrected chi connectivity index (χ3v) is 4.85. The van der Waals surface area contributed by atoms with Gasteiger partial charge in [-0.15, -0.1) is 5.10 Å². The van der Waals surface area contributed by atoms with Crippen LogP contribution in [0.3, 0.4) is 0 Å². The number of fused-ring (bicyclic) bond motifs is 1. The van der Waals surface area contributed by atoms with Crippen LogP contribution < -0.4 is 14.8 Å². The SMILES string of the molecule is Cc1n[nH]c(C)c1NC(=O)CSc1n[nH]c(-c2ccc3c(c2)OCCO3)n1. The summed E-state index contributed by atoms with van der Waals surface area (Å²) < 4.78 is 11.1. The van der Waals surface area contributed by atoms with Gasteiger partial charge in [-0.3, -0.25) is 15.0 Å². The molecule has 0 atom stereocenters. The molecule has 1 aromatic carbocycles.